The van der Waals surface area contributed by atoms with Gasteiger partial charge < -0.3 is 10.2 Å². The van der Waals surface area contributed by atoms with Gasteiger partial charge in [0.1, 0.15) is 0 Å². The molecule has 7 nitrogen and oxygen atoms in total. The maximum atomic E-state index is 11.9. The monoisotopic (exact) mass is 318 g/mol. The first-order chi connectivity index (χ1) is 9.47. The Hall–Kier alpha value is -1.19. The van der Waals surface area contributed by atoms with Gasteiger partial charge >= 0.3 is 6.03 Å². The molecule has 0 aromatic carbocycles. The molecule has 1 saturated heterocycles. The average Bonchev–Trinajstić information content (AvgIpc) is 2.91. The third-order valence-corrected chi connectivity index (χ3v) is 5.24. The van der Waals surface area contributed by atoms with E-state index >= 15 is 0 Å². The van der Waals surface area contributed by atoms with Crippen molar-refractivity contribution < 1.29 is 13.2 Å². The molecule has 0 radical (unpaired) electrons. The molecule has 1 aromatic rings. The first-order valence-electron chi connectivity index (χ1n) is 6.33. The lowest BCUT2D eigenvalue weighted by atomic mass is 10.4. The SMILES string of the molecule is CS(=O)(=O)N1CCN(C(=O)NCCc2nccs2)CC1. The van der Waals surface area contributed by atoms with Crippen molar-refractivity contribution in [3.63, 3.8) is 0 Å². The number of carbonyl (C=O) groups excluding carboxylic acids is 1. The summed E-state index contributed by atoms with van der Waals surface area (Å²) in [5.41, 5.74) is 0. The summed E-state index contributed by atoms with van der Waals surface area (Å²) in [5.74, 6) is 0. The molecule has 0 saturated carbocycles. The van der Waals surface area contributed by atoms with Crippen LogP contribution >= 0.6 is 11.3 Å². The summed E-state index contributed by atoms with van der Waals surface area (Å²) < 4.78 is 24.1. The van der Waals surface area contributed by atoms with Gasteiger partial charge in [0, 0.05) is 50.7 Å². The largest absolute Gasteiger partial charge is 0.338 e. The average molecular weight is 318 g/mol. The Morgan fingerprint density at radius 2 is 2.10 bits per heavy atom. The Bertz CT molecular complexity index is 536. The summed E-state index contributed by atoms with van der Waals surface area (Å²) >= 11 is 1.56. The Morgan fingerprint density at radius 3 is 2.65 bits per heavy atom. The highest BCUT2D eigenvalue weighted by Crippen LogP contribution is 2.06. The zero-order chi connectivity index (χ0) is 14.6. The van der Waals surface area contributed by atoms with Crippen molar-refractivity contribution in [3.05, 3.63) is 16.6 Å². The smallest absolute Gasteiger partial charge is 0.317 e. The number of carbonyl (C=O) groups is 1. The molecule has 0 bridgehead atoms. The maximum absolute atomic E-state index is 11.9. The lowest BCUT2D eigenvalue weighted by molar-refractivity contribution is 0.172. The van der Waals surface area contributed by atoms with Crippen LogP contribution in [-0.2, 0) is 16.4 Å². The van der Waals surface area contributed by atoms with Crippen molar-refractivity contribution in [3.8, 4) is 0 Å². The Kier molecular flexibility index (Phi) is 4.95. The van der Waals surface area contributed by atoms with E-state index in [0.29, 0.717) is 39.1 Å². The van der Waals surface area contributed by atoms with Crippen LogP contribution in [0.4, 0.5) is 4.79 Å². The van der Waals surface area contributed by atoms with Crippen LogP contribution in [0.3, 0.4) is 0 Å². The summed E-state index contributed by atoms with van der Waals surface area (Å²) in [7, 11) is -3.15. The van der Waals surface area contributed by atoms with Gasteiger partial charge in [0.25, 0.3) is 0 Å². The molecule has 1 N–H and O–H groups in total. The van der Waals surface area contributed by atoms with Crippen LogP contribution in [0.15, 0.2) is 11.6 Å². The van der Waals surface area contributed by atoms with Crippen LogP contribution in [0.1, 0.15) is 5.01 Å². The molecule has 0 atom stereocenters. The fraction of sp³-hybridized carbons (Fsp3) is 0.636. The molecule has 1 aliphatic heterocycles. The van der Waals surface area contributed by atoms with Gasteiger partial charge in [-0.05, 0) is 0 Å². The number of aromatic nitrogens is 1. The normalized spacial score (nSPS) is 17.1. The number of nitrogens with zero attached hydrogens (tertiary/aromatic N) is 3. The quantitative estimate of drug-likeness (QED) is 0.845. The minimum absolute atomic E-state index is 0.144. The second-order valence-electron chi connectivity index (χ2n) is 4.56. The minimum Gasteiger partial charge on any atom is -0.338 e. The lowest BCUT2D eigenvalue weighted by Crippen LogP contribution is -2.53. The molecule has 0 unspecified atom stereocenters. The van der Waals surface area contributed by atoms with Gasteiger partial charge in [0.2, 0.25) is 10.0 Å². The number of nitrogens with one attached hydrogen (secondary N) is 1. The number of hydrogen-bond acceptors (Lipinski definition) is 5. The second kappa shape index (κ2) is 6.51. The van der Waals surface area contributed by atoms with Gasteiger partial charge in [-0.1, -0.05) is 0 Å². The van der Waals surface area contributed by atoms with Gasteiger partial charge in [-0.25, -0.2) is 18.2 Å². The summed E-state index contributed by atoms with van der Waals surface area (Å²) in [4.78, 5) is 17.7. The van der Waals surface area contributed by atoms with E-state index in [0.717, 1.165) is 5.01 Å². The van der Waals surface area contributed by atoms with Crippen LogP contribution in [0.2, 0.25) is 0 Å². The Labute approximate surface area is 122 Å². The molecule has 1 aromatic heterocycles. The van der Waals surface area contributed by atoms with Crippen molar-refractivity contribution in [1.82, 2.24) is 19.5 Å². The van der Waals surface area contributed by atoms with Gasteiger partial charge in [-0.2, -0.15) is 4.31 Å². The maximum Gasteiger partial charge on any atom is 0.317 e. The van der Waals surface area contributed by atoms with Crippen LogP contribution in [0, 0.1) is 0 Å². The van der Waals surface area contributed by atoms with Gasteiger partial charge in [0.05, 0.1) is 11.3 Å². The molecule has 2 amide bonds. The predicted molar refractivity (Wildman–Crippen MR) is 77.2 cm³/mol. The Balaban J connectivity index is 1.72. The molecular formula is C11H18N4O3S2. The number of piperazine rings is 1. The molecule has 0 spiro atoms. The van der Waals surface area contributed by atoms with Gasteiger partial charge in [-0.15, -0.1) is 11.3 Å². The third kappa shape index (κ3) is 4.15. The molecule has 9 heteroatoms. The van der Waals surface area contributed by atoms with Crippen LogP contribution in [0.5, 0.6) is 0 Å². The second-order valence-corrected chi connectivity index (χ2v) is 7.52. The molecule has 112 valence electrons. The summed E-state index contributed by atoms with van der Waals surface area (Å²) in [6, 6.07) is -0.144. The molecule has 2 rings (SSSR count). The highest BCUT2D eigenvalue weighted by Gasteiger charge is 2.25. The predicted octanol–water partition coefficient (Wildman–Crippen LogP) is -0.0276. The van der Waals surface area contributed by atoms with Gasteiger partial charge in [-0.3, -0.25) is 0 Å². The zero-order valence-electron chi connectivity index (χ0n) is 11.3. The van der Waals surface area contributed by atoms with Crippen molar-refractivity contribution >= 4 is 27.4 Å². The van der Waals surface area contributed by atoms with E-state index in [2.05, 4.69) is 10.3 Å². The Morgan fingerprint density at radius 1 is 1.40 bits per heavy atom. The highest BCUT2D eigenvalue weighted by atomic mass is 32.2. The van der Waals surface area contributed by atoms with Crippen molar-refractivity contribution in [1.29, 1.82) is 0 Å². The number of sulfonamides is 1. The first kappa shape index (κ1) is 15.2. The van der Waals surface area contributed by atoms with E-state index in [1.807, 2.05) is 5.38 Å². The summed E-state index contributed by atoms with van der Waals surface area (Å²) in [6.07, 6.45) is 3.65. The number of rotatable bonds is 4. The molecule has 1 aliphatic rings. The highest BCUT2D eigenvalue weighted by molar-refractivity contribution is 7.88. The molecule has 20 heavy (non-hydrogen) atoms. The van der Waals surface area contributed by atoms with Crippen LogP contribution < -0.4 is 5.32 Å². The summed E-state index contributed by atoms with van der Waals surface area (Å²) in [6.45, 7) is 2.11. The minimum atomic E-state index is -3.15. The van der Waals surface area contributed by atoms with Crippen LogP contribution in [0.25, 0.3) is 0 Å². The fourth-order valence-corrected chi connectivity index (χ4v) is 3.43. The van der Waals surface area contributed by atoms with E-state index < -0.39 is 10.0 Å². The van der Waals surface area contributed by atoms with Crippen molar-refractivity contribution in [2.45, 2.75) is 6.42 Å². The topological polar surface area (TPSA) is 82.6 Å². The standard InChI is InChI=1S/C11H18N4O3S2/c1-20(17,18)15-7-5-14(6-8-15)11(16)13-3-2-10-12-4-9-19-10/h4,9H,2-3,5-8H2,1H3,(H,13,16). The zero-order valence-corrected chi connectivity index (χ0v) is 12.9. The first-order valence-corrected chi connectivity index (χ1v) is 9.06. The number of hydrogen-bond donors (Lipinski definition) is 1. The van der Waals surface area contributed by atoms with E-state index in [4.69, 9.17) is 0 Å². The van der Waals surface area contributed by atoms with Crippen molar-refractivity contribution in [2.24, 2.45) is 0 Å². The van der Waals surface area contributed by atoms with E-state index in [1.165, 1.54) is 10.6 Å². The number of amides is 2. The fourth-order valence-electron chi connectivity index (χ4n) is 1.99. The number of thiazole rings is 1. The van der Waals surface area contributed by atoms with E-state index in [1.54, 1.807) is 22.4 Å². The molecule has 1 fully saturated rings. The van der Waals surface area contributed by atoms with E-state index in [9.17, 15) is 13.2 Å². The third-order valence-electron chi connectivity index (χ3n) is 3.09. The van der Waals surface area contributed by atoms with Crippen molar-refractivity contribution in [2.75, 3.05) is 39.0 Å². The molecule has 2 heterocycles. The van der Waals surface area contributed by atoms with E-state index in [-0.39, 0.29) is 6.03 Å². The molecule has 0 aliphatic carbocycles. The lowest BCUT2D eigenvalue weighted by Gasteiger charge is -2.33. The van der Waals surface area contributed by atoms with Crippen LogP contribution in [-0.4, -0.2) is 67.6 Å². The molecular weight excluding hydrogens is 300 g/mol. The van der Waals surface area contributed by atoms with Gasteiger partial charge in [0.15, 0.2) is 0 Å². The number of urea groups is 1. The summed E-state index contributed by atoms with van der Waals surface area (Å²) in [5, 5.41) is 5.73.